The van der Waals surface area contributed by atoms with Crippen LogP contribution in [0.25, 0.3) is 12.2 Å². The van der Waals surface area contributed by atoms with Gasteiger partial charge in [-0.1, -0.05) is 38.1 Å². The van der Waals surface area contributed by atoms with Crippen molar-refractivity contribution in [3.63, 3.8) is 0 Å². The lowest BCUT2D eigenvalue weighted by molar-refractivity contribution is 0.0293. The molecule has 1 aromatic heterocycles. The van der Waals surface area contributed by atoms with Crippen molar-refractivity contribution >= 4 is 17.8 Å². The number of aromatic hydroxyl groups is 1. The van der Waals surface area contributed by atoms with Gasteiger partial charge in [0.05, 0.1) is 19.3 Å². The molecule has 2 aromatic rings. The second kappa shape index (κ2) is 10.7. The molecule has 0 saturated carbocycles. The third-order valence-electron chi connectivity index (χ3n) is 4.20. The largest absolute Gasteiger partial charge is 0.493 e. The molecule has 0 fully saturated rings. The Labute approximate surface area is 161 Å². The molecule has 146 valence electrons. The molecule has 1 heterocycles. The lowest BCUT2D eigenvalue weighted by Crippen LogP contribution is -2.25. The molecule has 27 heavy (non-hydrogen) atoms. The zero-order valence-electron chi connectivity index (χ0n) is 16.4. The van der Waals surface area contributed by atoms with Crippen LogP contribution in [-0.2, 0) is 4.74 Å². The van der Waals surface area contributed by atoms with Gasteiger partial charge >= 0.3 is 0 Å². The Hall–Kier alpha value is -2.37. The molecule has 2 rings (SSSR count). The Kier molecular flexibility index (Phi) is 8.30. The Morgan fingerprint density at radius 3 is 2.37 bits per heavy atom. The van der Waals surface area contributed by atoms with Gasteiger partial charge in [-0.3, -0.25) is 0 Å². The third-order valence-corrected chi connectivity index (χ3v) is 4.20. The Bertz CT molecular complexity index is 697. The highest BCUT2D eigenvalue weighted by molar-refractivity contribution is 5.70. The van der Waals surface area contributed by atoms with E-state index >= 15 is 0 Å². The van der Waals surface area contributed by atoms with E-state index in [9.17, 15) is 10.2 Å². The zero-order chi connectivity index (χ0) is 19.6. The number of benzene rings is 1. The van der Waals surface area contributed by atoms with Crippen LogP contribution >= 0.6 is 0 Å². The number of rotatable bonds is 10. The first kappa shape index (κ1) is 20.9. The molecule has 0 radical (unpaired) electrons. The highest BCUT2D eigenvalue weighted by Gasteiger charge is 2.07. The number of hydrogen-bond donors (Lipinski definition) is 2. The predicted molar refractivity (Wildman–Crippen MR) is 111 cm³/mol. The number of nitrogens with zero attached hydrogens (tertiary/aromatic N) is 2. The standard InChI is InChI=1S/C22H30N2O3/c1-17(2)14-21(25)16-27-13-12-24(3)20-9-6-18(7-10-20)4-5-19-8-11-22(26)23-15-19/h4-11,15,17,21,25H,12-14,16H2,1-3H3,(H,23,26)/b5-4+. The average Bonchev–Trinajstić information content (AvgIpc) is 2.64. The summed E-state index contributed by atoms with van der Waals surface area (Å²) in [4.78, 5) is 5.99. The number of hydrogen-bond acceptors (Lipinski definition) is 5. The molecule has 0 bridgehead atoms. The molecule has 2 N–H and O–H groups in total. The number of anilines is 1. The molecule has 0 aliphatic carbocycles. The number of aliphatic hydroxyl groups is 1. The monoisotopic (exact) mass is 370 g/mol. The van der Waals surface area contributed by atoms with Crippen LogP contribution in [0, 0.1) is 5.92 Å². The molecule has 0 spiro atoms. The Morgan fingerprint density at radius 2 is 1.74 bits per heavy atom. The lowest BCUT2D eigenvalue weighted by Gasteiger charge is -2.20. The van der Waals surface area contributed by atoms with E-state index in [0.717, 1.165) is 29.8 Å². The van der Waals surface area contributed by atoms with E-state index in [0.29, 0.717) is 19.1 Å². The summed E-state index contributed by atoms with van der Waals surface area (Å²) in [5, 5.41) is 19.0. The topological polar surface area (TPSA) is 65.8 Å². The first-order valence-electron chi connectivity index (χ1n) is 9.34. The number of pyridine rings is 1. The number of aromatic nitrogens is 1. The van der Waals surface area contributed by atoms with Gasteiger partial charge in [0.2, 0.25) is 5.88 Å². The molecule has 1 aromatic carbocycles. The van der Waals surface area contributed by atoms with Crippen molar-refractivity contribution in [3.8, 4) is 5.88 Å². The quantitative estimate of drug-likeness (QED) is 0.623. The van der Waals surface area contributed by atoms with Gasteiger partial charge in [-0.2, -0.15) is 0 Å². The van der Waals surface area contributed by atoms with Crippen LogP contribution in [0.2, 0.25) is 0 Å². The predicted octanol–water partition coefficient (Wildman–Crippen LogP) is 3.82. The molecule has 0 aliphatic heterocycles. The summed E-state index contributed by atoms with van der Waals surface area (Å²) in [5.74, 6) is 0.502. The second-order valence-corrected chi connectivity index (χ2v) is 7.15. The van der Waals surface area contributed by atoms with Crippen molar-refractivity contribution in [1.29, 1.82) is 0 Å². The van der Waals surface area contributed by atoms with Crippen molar-refractivity contribution in [1.82, 2.24) is 4.98 Å². The summed E-state index contributed by atoms with van der Waals surface area (Å²) in [5.41, 5.74) is 3.14. The maximum atomic E-state index is 9.82. The van der Waals surface area contributed by atoms with Gasteiger partial charge in [0, 0.05) is 31.5 Å². The molecule has 0 amide bonds. The third kappa shape index (κ3) is 7.81. The molecule has 0 aliphatic rings. The van der Waals surface area contributed by atoms with Crippen LogP contribution in [0.3, 0.4) is 0 Å². The van der Waals surface area contributed by atoms with Gasteiger partial charge in [0.15, 0.2) is 0 Å². The number of aliphatic hydroxyl groups excluding tert-OH is 1. The fraction of sp³-hybridized carbons (Fsp3) is 0.409. The van der Waals surface area contributed by atoms with Crippen molar-refractivity contribution < 1.29 is 14.9 Å². The van der Waals surface area contributed by atoms with Crippen LogP contribution < -0.4 is 4.90 Å². The van der Waals surface area contributed by atoms with Gasteiger partial charge in [-0.15, -0.1) is 0 Å². The molecule has 0 saturated heterocycles. The SMILES string of the molecule is CC(C)CC(O)COCCN(C)c1ccc(/C=C/c2ccc(O)nc2)cc1. The van der Waals surface area contributed by atoms with Crippen molar-refractivity contribution in [2.24, 2.45) is 5.92 Å². The second-order valence-electron chi connectivity index (χ2n) is 7.15. The van der Waals surface area contributed by atoms with E-state index in [2.05, 4.69) is 48.0 Å². The normalized spacial score (nSPS) is 12.6. The van der Waals surface area contributed by atoms with Crippen LogP contribution in [0.15, 0.2) is 42.6 Å². The maximum Gasteiger partial charge on any atom is 0.210 e. The Balaban J connectivity index is 1.77. The van der Waals surface area contributed by atoms with Crippen LogP contribution in [-0.4, -0.2) is 48.1 Å². The summed E-state index contributed by atoms with van der Waals surface area (Å²) < 4.78 is 5.58. The van der Waals surface area contributed by atoms with Gasteiger partial charge < -0.3 is 19.8 Å². The van der Waals surface area contributed by atoms with Crippen LogP contribution in [0.4, 0.5) is 5.69 Å². The lowest BCUT2D eigenvalue weighted by atomic mass is 10.1. The van der Waals surface area contributed by atoms with E-state index in [1.165, 1.54) is 0 Å². The fourth-order valence-electron chi connectivity index (χ4n) is 2.69. The molecular formula is C22H30N2O3. The highest BCUT2D eigenvalue weighted by atomic mass is 16.5. The van der Waals surface area contributed by atoms with Crippen molar-refractivity contribution in [3.05, 3.63) is 53.7 Å². The minimum Gasteiger partial charge on any atom is -0.493 e. The minimum absolute atomic E-state index is 0.0259. The molecular weight excluding hydrogens is 340 g/mol. The van der Waals surface area contributed by atoms with Gasteiger partial charge in [0.1, 0.15) is 0 Å². The average molecular weight is 370 g/mol. The van der Waals surface area contributed by atoms with E-state index in [-0.39, 0.29) is 12.0 Å². The first-order valence-corrected chi connectivity index (χ1v) is 9.34. The van der Waals surface area contributed by atoms with E-state index in [1.54, 1.807) is 12.3 Å². The van der Waals surface area contributed by atoms with Gasteiger partial charge in [-0.25, -0.2) is 4.98 Å². The summed E-state index contributed by atoms with van der Waals surface area (Å²) >= 11 is 0. The van der Waals surface area contributed by atoms with Crippen LogP contribution in [0.5, 0.6) is 5.88 Å². The highest BCUT2D eigenvalue weighted by Crippen LogP contribution is 2.16. The van der Waals surface area contributed by atoms with Crippen molar-refractivity contribution in [2.75, 3.05) is 31.7 Å². The first-order chi connectivity index (χ1) is 12.9. The molecule has 5 heteroatoms. The summed E-state index contributed by atoms with van der Waals surface area (Å²) in [6.07, 6.45) is 5.99. The number of ether oxygens (including phenoxy) is 1. The van der Waals surface area contributed by atoms with Crippen LogP contribution in [0.1, 0.15) is 31.4 Å². The van der Waals surface area contributed by atoms with E-state index in [4.69, 9.17) is 4.74 Å². The summed E-state index contributed by atoms with van der Waals surface area (Å²) in [7, 11) is 2.03. The Morgan fingerprint density at radius 1 is 1.07 bits per heavy atom. The van der Waals surface area contributed by atoms with Crippen molar-refractivity contribution in [2.45, 2.75) is 26.4 Å². The molecule has 1 atom stereocenters. The smallest absolute Gasteiger partial charge is 0.210 e. The molecule has 1 unspecified atom stereocenters. The maximum absolute atomic E-state index is 9.82. The fourth-order valence-corrected chi connectivity index (χ4v) is 2.69. The van der Waals surface area contributed by atoms with E-state index < -0.39 is 0 Å². The minimum atomic E-state index is -0.384. The van der Waals surface area contributed by atoms with Gasteiger partial charge in [0.25, 0.3) is 0 Å². The van der Waals surface area contributed by atoms with E-state index in [1.807, 2.05) is 25.3 Å². The summed E-state index contributed by atoms with van der Waals surface area (Å²) in [6.45, 7) is 5.93. The number of likely N-dealkylation sites (N-methyl/N-ethyl adjacent to an activating group) is 1. The van der Waals surface area contributed by atoms with Gasteiger partial charge in [-0.05, 0) is 41.7 Å². The summed E-state index contributed by atoms with van der Waals surface area (Å²) in [6, 6.07) is 11.7. The zero-order valence-corrected chi connectivity index (χ0v) is 16.4. The molecule has 5 nitrogen and oxygen atoms in total.